The highest BCUT2D eigenvalue weighted by atomic mass is 35.5. The zero-order valence-electron chi connectivity index (χ0n) is 14.5. The number of hydrogen-bond acceptors (Lipinski definition) is 3. The van der Waals surface area contributed by atoms with Crippen molar-refractivity contribution in [1.82, 2.24) is 9.88 Å². The molecule has 0 unspecified atom stereocenters. The summed E-state index contributed by atoms with van der Waals surface area (Å²) in [4.78, 5) is 12.7. The first kappa shape index (κ1) is 17.9. The van der Waals surface area contributed by atoms with Crippen LogP contribution in [0.1, 0.15) is 15.9 Å². The molecule has 0 saturated carbocycles. The van der Waals surface area contributed by atoms with Gasteiger partial charge in [0.1, 0.15) is 11.5 Å². The van der Waals surface area contributed by atoms with Crippen molar-refractivity contribution < 1.29 is 14.3 Å². The Morgan fingerprint density at radius 1 is 1.04 bits per heavy atom. The lowest BCUT2D eigenvalue weighted by atomic mass is 10.1. The van der Waals surface area contributed by atoms with Gasteiger partial charge in [0.05, 0.1) is 30.5 Å². The third-order valence-corrected chi connectivity index (χ3v) is 4.33. The largest absolute Gasteiger partial charge is 0.496 e. The van der Waals surface area contributed by atoms with Crippen LogP contribution in [0.2, 0.25) is 5.02 Å². The zero-order valence-corrected chi connectivity index (χ0v) is 15.3. The fourth-order valence-corrected chi connectivity index (χ4v) is 2.96. The number of amides is 1. The van der Waals surface area contributed by atoms with Gasteiger partial charge in [-0.3, -0.25) is 4.79 Å². The Bertz CT molecular complexity index is 907. The Morgan fingerprint density at radius 2 is 1.73 bits per heavy atom. The Hall–Kier alpha value is -2.92. The molecule has 0 bridgehead atoms. The van der Waals surface area contributed by atoms with Crippen molar-refractivity contribution in [3.8, 4) is 17.2 Å². The van der Waals surface area contributed by atoms with E-state index in [1.807, 2.05) is 53.4 Å². The van der Waals surface area contributed by atoms with Gasteiger partial charge < -0.3 is 19.4 Å². The summed E-state index contributed by atoms with van der Waals surface area (Å²) < 4.78 is 12.6. The molecule has 2 aromatic carbocycles. The van der Waals surface area contributed by atoms with E-state index in [2.05, 4.69) is 5.32 Å². The van der Waals surface area contributed by atoms with Gasteiger partial charge in [-0.1, -0.05) is 29.8 Å². The van der Waals surface area contributed by atoms with Crippen LogP contribution in [-0.4, -0.2) is 24.7 Å². The minimum Gasteiger partial charge on any atom is -0.496 e. The monoisotopic (exact) mass is 370 g/mol. The first-order chi connectivity index (χ1) is 12.6. The molecule has 1 amide bonds. The van der Waals surface area contributed by atoms with Gasteiger partial charge in [0.2, 0.25) is 0 Å². The lowest BCUT2D eigenvalue weighted by Crippen LogP contribution is -2.23. The Balaban J connectivity index is 1.84. The number of rotatable bonds is 6. The maximum Gasteiger partial charge on any atom is 0.255 e. The summed E-state index contributed by atoms with van der Waals surface area (Å²) in [5, 5.41) is 3.34. The molecular weight excluding hydrogens is 352 g/mol. The molecule has 3 rings (SSSR count). The molecule has 0 aliphatic carbocycles. The van der Waals surface area contributed by atoms with Gasteiger partial charge in [-0.15, -0.1) is 0 Å². The SMILES string of the molecule is COc1ccccc1CNC(=O)c1cc(Cl)c(-n2cccc2)cc1OC. The van der Waals surface area contributed by atoms with Crippen LogP contribution in [0, 0.1) is 0 Å². The number of para-hydroxylation sites is 1. The summed E-state index contributed by atoms with van der Waals surface area (Å²) in [6, 6.07) is 14.7. The fourth-order valence-electron chi connectivity index (χ4n) is 2.70. The topological polar surface area (TPSA) is 52.5 Å². The molecule has 0 fully saturated rings. The molecule has 0 radical (unpaired) electrons. The molecule has 0 aliphatic rings. The Kier molecular flexibility index (Phi) is 5.49. The molecule has 0 spiro atoms. The van der Waals surface area contributed by atoms with E-state index in [-0.39, 0.29) is 5.91 Å². The van der Waals surface area contributed by atoms with Crippen LogP contribution in [0.4, 0.5) is 0 Å². The molecule has 1 aromatic heterocycles. The molecule has 3 aromatic rings. The number of ether oxygens (including phenoxy) is 2. The molecular formula is C20H19ClN2O3. The predicted octanol–water partition coefficient (Wildman–Crippen LogP) is 4.08. The van der Waals surface area contributed by atoms with Gasteiger partial charge in [0.25, 0.3) is 5.91 Å². The molecule has 0 atom stereocenters. The van der Waals surface area contributed by atoms with E-state index in [1.54, 1.807) is 19.2 Å². The van der Waals surface area contributed by atoms with Crippen LogP contribution in [0.5, 0.6) is 11.5 Å². The van der Waals surface area contributed by atoms with E-state index < -0.39 is 0 Å². The normalized spacial score (nSPS) is 10.4. The van der Waals surface area contributed by atoms with Crippen LogP contribution in [0.15, 0.2) is 60.9 Å². The van der Waals surface area contributed by atoms with E-state index in [0.717, 1.165) is 17.0 Å². The standard InChI is InChI=1S/C20H19ClN2O3/c1-25-18-8-4-3-7-14(18)13-22-20(24)15-11-16(21)17(12-19(15)26-2)23-9-5-6-10-23/h3-12H,13H2,1-2H3,(H,22,24). The molecule has 6 heteroatoms. The average molecular weight is 371 g/mol. The molecule has 0 saturated heterocycles. The first-order valence-corrected chi connectivity index (χ1v) is 8.42. The number of aromatic nitrogens is 1. The van der Waals surface area contributed by atoms with Gasteiger partial charge in [-0.2, -0.15) is 0 Å². The number of carbonyl (C=O) groups is 1. The van der Waals surface area contributed by atoms with E-state index in [1.165, 1.54) is 7.11 Å². The molecule has 1 heterocycles. The summed E-state index contributed by atoms with van der Waals surface area (Å²) in [5.74, 6) is 0.907. The third-order valence-electron chi connectivity index (χ3n) is 4.03. The highest BCUT2D eigenvalue weighted by molar-refractivity contribution is 6.33. The zero-order chi connectivity index (χ0) is 18.5. The van der Waals surface area contributed by atoms with E-state index in [9.17, 15) is 4.79 Å². The smallest absolute Gasteiger partial charge is 0.255 e. The number of carbonyl (C=O) groups excluding carboxylic acids is 1. The van der Waals surface area contributed by atoms with Crippen LogP contribution < -0.4 is 14.8 Å². The van der Waals surface area contributed by atoms with Crippen molar-refractivity contribution in [3.05, 3.63) is 77.1 Å². The number of hydrogen-bond donors (Lipinski definition) is 1. The Labute approximate surface area is 157 Å². The molecule has 0 aliphatic heterocycles. The second kappa shape index (κ2) is 7.97. The summed E-state index contributed by atoms with van der Waals surface area (Å²) in [7, 11) is 3.13. The van der Waals surface area contributed by atoms with Crippen molar-refractivity contribution in [2.24, 2.45) is 0 Å². The van der Waals surface area contributed by atoms with Crippen LogP contribution in [0.25, 0.3) is 5.69 Å². The lowest BCUT2D eigenvalue weighted by Gasteiger charge is -2.14. The Morgan fingerprint density at radius 3 is 2.42 bits per heavy atom. The minimum absolute atomic E-state index is 0.270. The third kappa shape index (κ3) is 3.68. The summed E-state index contributed by atoms with van der Waals surface area (Å²) in [6.07, 6.45) is 3.75. The van der Waals surface area contributed by atoms with Gasteiger partial charge >= 0.3 is 0 Å². The van der Waals surface area contributed by atoms with Crippen molar-refractivity contribution in [2.75, 3.05) is 14.2 Å². The number of nitrogens with zero attached hydrogens (tertiary/aromatic N) is 1. The molecule has 134 valence electrons. The van der Waals surface area contributed by atoms with Gasteiger partial charge in [-0.25, -0.2) is 0 Å². The summed E-state index contributed by atoms with van der Waals surface area (Å²) in [5.41, 5.74) is 2.01. The molecule has 26 heavy (non-hydrogen) atoms. The highest BCUT2D eigenvalue weighted by Crippen LogP contribution is 2.30. The maximum atomic E-state index is 12.7. The average Bonchev–Trinajstić information content (AvgIpc) is 3.20. The second-order valence-corrected chi connectivity index (χ2v) is 6.00. The summed E-state index contributed by atoms with van der Waals surface area (Å²) >= 11 is 6.38. The van der Waals surface area contributed by atoms with E-state index in [0.29, 0.717) is 22.9 Å². The van der Waals surface area contributed by atoms with Gasteiger partial charge in [0.15, 0.2) is 0 Å². The van der Waals surface area contributed by atoms with Crippen LogP contribution >= 0.6 is 11.6 Å². The maximum absolute atomic E-state index is 12.7. The van der Waals surface area contributed by atoms with E-state index >= 15 is 0 Å². The van der Waals surface area contributed by atoms with Crippen molar-refractivity contribution >= 4 is 17.5 Å². The number of benzene rings is 2. The van der Waals surface area contributed by atoms with E-state index in [4.69, 9.17) is 21.1 Å². The van der Waals surface area contributed by atoms with Gasteiger partial charge in [-0.05, 0) is 24.3 Å². The number of halogens is 1. The minimum atomic E-state index is -0.270. The van der Waals surface area contributed by atoms with Crippen molar-refractivity contribution in [2.45, 2.75) is 6.54 Å². The predicted molar refractivity (Wildman–Crippen MR) is 101 cm³/mol. The van der Waals surface area contributed by atoms with Crippen molar-refractivity contribution in [1.29, 1.82) is 0 Å². The summed E-state index contributed by atoms with van der Waals surface area (Å²) in [6.45, 7) is 0.336. The quantitative estimate of drug-likeness (QED) is 0.711. The number of nitrogens with one attached hydrogen (secondary N) is 1. The number of methoxy groups -OCH3 is 2. The van der Waals surface area contributed by atoms with Gasteiger partial charge in [0, 0.05) is 30.6 Å². The van der Waals surface area contributed by atoms with Crippen LogP contribution in [0.3, 0.4) is 0 Å². The molecule has 5 nitrogen and oxygen atoms in total. The lowest BCUT2D eigenvalue weighted by molar-refractivity contribution is 0.0947. The highest BCUT2D eigenvalue weighted by Gasteiger charge is 2.17. The van der Waals surface area contributed by atoms with Crippen molar-refractivity contribution in [3.63, 3.8) is 0 Å². The van der Waals surface area contributed by atoms with Crippen LogP contribution in [-0.2, 0) is 6.54 Å². The first-order valence-electron chi connectivity index (χ1n) is 8.05. The second-order valence-electron chi connectivity index (χ2n) is 5.59. The molecule has 1 N–H and O–H groups in total. The fraction of sp³-hybridized carbons (Fsp3) is 0.150.